The number of carbonyl (C=O) groups excluding carboxylic acids is 2. The van der Waals surface area contributed by atoms with E-state index < -0.39 is 18.5 Å². The molecule has 1 amide bonds. The Hall–Kier alpha value is -3.13. The zero-order valence-electron chi connectivity index (χ0n) is 18.2. The Kier molecular flexibility index (Phi) is 8.81. The van der Waals surface area contributed by atoms with E-state index in [1.807, 2.05) is 0 Å². The third kappa shape index (κ3) is 6.42. The first kappa shape index (κ1) is 24.1. The Bertz CT molecular complexity index is 921. The number of hydrogen-bond acceptors (Lipinski definition) is 7. The van der Waals surface area contributed by atoms with Crippen LogP contribution in [0.25, 0.3) is 0 Å². The van der Waals surface area contributed by atoms with Crippen molar-refractivity contribution in [1.82, 2.24) is 0 Å². The molecule has 0 radical (unpaired) electrons. The van der Waals surface area contributed by atoms with Crippen LogP contribution in [0.2, 0.25) is 5.02 Å². The zero-order chi connectivity index (χ0) is 23.0. The molecule has 2 rings (SSSR count). The number of benzene rings is 2. The largest absolute Gasteiger partial charge is 0.495 e. The van der Waals surface area contributed by atoms with E-state index in [1.165, 1.54) is 28.4 Å². The second-order valence-corrected chi connectivity index (χ2v) is 6.95. The molecule has 0 aliphatic carbocycles. The highest BCUT2D eigenvalue weighted by Crippen LogP contribution is 2.38. The SMILES string of the molecule is COc1cc(Cl)c(C)cc1NC(=O)COC(=O)CCc1cc(OC)c(OC)c(OC)c1. The minimum Gasteiger partial charge on any atom is -0.495 e. The molecule has 0 aromatic heterocycles. The summed E-state index contributed by atoms with van der Waals surface area (Å²) in [6.07, 6.45) is 0.455. The number of hydrogen-bond donors (Lipinski definition) is 1. The van der Waals surface area contributed by atoms with Gasteiger partial charge in [0.25, 0.3) is 5.91 Å². The highest BCUT2D eigenvalue weighted by atomic mass is 35.5. The number of carbonyl (C=O) groups is 2. The van der Waals surface area contributed by atoms with Crippen LogP contribution in [0.3, 0.4) is 0 Å². The second-order valence-electron chi connectivity index (χ2n) is 6.54. The van der Waals surface area contributed by atoms with Crippen LogP contribution in [0.5, 0.6) is 23.0 Å². The predicted octanol–water partition coefficient (Wildman–Crippen LogP) is 3.80. The second kappa shape index (κ2) is 11.3. The lowest BCUT2D eigenvalue weighted by molar-refractivity contribution is -0.147. The van der Waals surface area contributed by atoms with Crippen molar-refractivity contribution in [3.8, 4) is 23.0 Å². The third-order valence-corrected chi connectivity index (χ3v) is 4.87. The standard InChI is InChI=1S/C22H26ClNO7/c1-13-8-16(17(27-2)11-15(13)23)24-20(25)12-31-21(26)7-6-14-9-18(28-3)22(30-5)19(10-14)29-4/h8-11H,6-7,12H2,1-5H3,(H,24,25). The van der Waals surface area contributed by atoms with Crippen LogP contribution in [-0.2, 0) is 20.7 Å². The van der Waals surface area contributed by atoms with Gasteiger partial charge >= 0.3 is 5.97 Å². The smallest absolute Gasteiger partial charge is 0.306 e. The van der Waals surface area contributed by atoms with Crippen LogP contribution >= 0.6 is 11.6 Å². The predicted molar refractivity (Wildman–Crippen MR) is 117 cm³/mol. The van der Waals surface area contributed by atoms with Gasteiger partial charge in [-0.15, -0.1) is 0 Å². The summed E-state index contributed by atoms with van der Waals surface area (Å²) in [7, 11) is 6.03. The Morgan fingerprint density at radius 1 is 0.903 bits per heavy atom. The van der Waals surface area contributed by atoms with E-state index in [2.05, 4.69) is 5.32 Å². The van der Waals surface area contributed by atoms with Gasteiger partial charge in [0.2, 0.25) is 5.75 Å². The topological polar surface area (TPSA) is 92.3 Å². The molecule has 9 heteroatoms. The number of esters is 1. The molecule has 0 aliphatic heterocycles. The molecule has 0 unspecified atom stereocenters. The van der Waals surface area contributed by atoms with Gasteiger partial charge in [-0.3, -0.25) is 9.59 Å². The molecule has 0 fully saturated rings. The Morgan fingerprint density at radius 3 is 2.06 bits per heavy atom. The number of amides is 1. The molecule has 0 saturated carbocycles. The van der Waals surface area contributed by atoms with Gasteiger partial charge in [-0.2, -0.15) is 0 Å². The van der Waals surface area contributed by atoms with E-state index in [1.54, 1.807) is 31.2 Å². The van der Waals surface area contributed by atoms with E-state index in [9.17, 15) is 9.59 Å². The first-order valence-corrected chi connectivity index (χ1v) is 9.79. The van der Waals surface area contributed by atoms with Crippen molar-refractivity contribution in [1.29, 1.82) is 0 Å². The summed E-state index contributed by atoms with van der Waals surface area (Å²) in [5.74, 6) is 0.886. The van der Waals surface area contributed by atoms with Gasteiger partial charge in [0.1, 0.15) is 5.75 Å². The number of nitrogens with one attached hydrogen (secondary N) is 1. The zero-order valence-corrected chi connectivity index (χ0v) is 18.9. The van der Waals surface area contributed by atoms with E-state index in [0.29, 0.717) is 40.1 Å². The lowest BCUT2D eigenvalue weighted by Crippen LogP contribution is -2.21. The van der Waals surface area contributed by atoms with Gasteiger partial charge in [0.05, 0.1) is 34.1 Å². The van der Waals surface area contributed by atoms with Gasteiger partial charge in [-0.1, -0.05) is 11.6 Å². The number of aryl methyl sites for hydroxylation is 2. The molecule has 0 heterocycles. The van der Waals surface area contributed by atoms with Gasteiger partial charge in [0.15, 0.2) is 18.1 Å². The Morgan fingerprint density at radius 2 is 1.52 bits per heavy atom. The minimum absolute atomic E-state index is 0.0787. The van der Waals surface area contributed by atoms with Crippen LogP contribution in [-0.4, -0.2) is 46.9 Å². The highest BCUT2D eigenvalue weighted by Gasteiger charge is 2.15. The normalized spacial score (nSPS) is 10.3. The van der Waals surface area contributed by atoms with E-state index in [4.69, 9.17) is 35.3 Å². The van der Waals surface area contributed by atoms with Crippen molar-refractivity contribution in [2.45, 2.75) is 19.8 Å². The van der Waals surface area contributed by atoms with Crippen molar-refractivity contribution in [3.05, 3.63) is 40.4 Å². The number of rotatable bonds is 10. The molecule has 0 spiro atoms. The van der Waals surface area contributed by atoms with E-state index in [0.717, 1.165) is 11.1 Å². The minimum atomic E-state index is -0.511. The van der Waals surface area contributed by atoms with Crippen LogP contribution in [0.4, 0.5) is 5.69 Å². The molecule has 0 saturated heterocycles. The van der Waals surface area contributed by atoms with Crippen molar-refractivity contribution < 1.29 is 33.3 Å². The summed E-state index contributed by atoms with van der Waals surface area (Å²) < 4.78 is 26.2. The molecular weight excluding hydrogens is 426 g/mol. The lowest BCUT2D eigenvalue weighted by atomic mass is 10.1. The van der Waals surface area contributed by atoms with Crippen molar-refractivity contribution in [3.63, 3.8) is 0 Å². The molecular formula is C22H26ClNO7. The average molecular weight is 452 g/mol. The summed E-state index contributed by atoms with van der Waals surface area (Å²) in [5, 5.41) is 3.18. The molecule has 8 nitrogen and oxygen atoms in total. The quantitative estimate of drug-likeness (QED) is 0.549. The van der Waals surface area contributed by atoms with Crippen LogP contribution in [0.1, 0.15) is 17.5 Å². The number of halogens is 1. The number of methoxy groups -OCH3 is 4. The van der Waals surface area contributed by atoms with Crippen LogP contribution < -0.4 is 24.3 Å². The molecule has 31 heavy (non-hydrogen) atoms. The fraction of sp³-hybridized carbons (Fsp3) is 0.364. The van der Waals surface area contributed by atoms with Crippen molar-refractivity contribution in [2.24, 2.45) is 0 Å². The molecule has 1 N–H and O–H groups in total. The summed E-state index contributed by atoms with van der Waals surface area (Å²) >= 11 is 6.06. The van der Waals surface area contributed by atoms with Crippen LogP contribution in [0, 0.1) is 6.92 Å². The maximum absolute atomic E-state index is 12.2. The fourth-order valence-electron chi connectivity index (χ4n) is 2.86. The van der Waals surface area contributed by atoms with E-state index >= 15 is 0 Å². The molecule has 2 aromatic rings. The lowest BCUT2D eigenvalue weighted by Gasteiger charge is -2.14. The van der Waals surface area contributed by atoms with Crippen molar-refractivity contribution >= 4 is 29.2 Å². The summed E-state index contributed by atoms with van der Waals surface area (Å²) in [6, 6.07) is 6.81. The van der Waals surface area contributed by atoms with Crippen molar-refractivity contribution in [2.75, 3.05) is 40.4 Å². The first-order chi connectivity index (χ1) is 14.8. The maximum atomic E-state index is 12.2. The third-order valence-electron chi connectivity index (χ3n) is 4.46. The van der Waals surface area contributed by atoms with Gasteiger partial charge in [-0.05, 0) is 42.7 Å². The first-order valence-electron chi connectivity index (χ1n) is 9.41. The monoisotopic (exact) mass is 451 g/mol. The number of anilines is 1. The summed E-state index contributed by atoms with van der Waals surface area (Å²) in [4.78, 5) is 24.3. The average Bonchev–Trinajstić information content (AvgIpc) is 2.77. The summed E-state index contributed by atoms with van der Waals surface area (Å²) in [5.41, 5.74) is 2.03. The maximum Gasteiger partial charge on any atom is 0.306 e. The molecule has 0 aliphatic rings. The van der Waals surface area contributed by atoms with Gasteiger partial charge in [0, 0.05) is 17.5 Å². The molecule has 168 valence electrons. The molecule has 0 atom stereocenters. The van der Waals surface area contributed by atoms with Crippen LogP contribution in [0.15, 0.2) is 24.3 Å². The highest BCUT2D eigenvalue weighted by molar-refractivity contribution is 6.31. The number of ether oxygens (including phenoxy) is 5. The molecule has 2 aromatic carbocycles. The Balaban J connectivity index is 1.91. The Labute approximate surface area is 186 Å². The van der Waals surface area contributed by atoms with E-state index in [-0.39, 0.29) is 6.42 Å². The molecule has 0 bridgehead atoms. The fourth-order valence-corrected chi connectivity index (χ4v) is 3.01. The summed E-state index contributed by atoms with van der Waals surface area (Å²) in [6.45, 7) is 1.39. The van der Waals surface area contributed by atoms with Gasteiger partial charge < -0.3 is 29.0 Å². The van der Waals surface area contributed by atoms with Gasteiger partial charge in [-0.25, -0.2) is 0 Å².